The van der Waals surface area contributed by atoms with Crippen molar-refractivity contribution in [3.8, 4) is 18.2 Å². The molecule has 57 heavy (non-hydrogen) atoms. The molecule has 13 nitrogen and oxygen atoms in total. The molecule has 0 unspecified atom stereocenters. The van der Waals surface area contributed by atoms with E-state index in [9.17, 15) is 34.5 Å². The zero-order valence-electron chi connectivity index (χ0n) is 35.5. The Hall–Kier alpha value is -4.51. The standard InChI is InChI=1S/2C15H21N3O2.C13H18N2O.ClH/c2*1-14(2)11-5-6-18(13(20)17-4)9-15(11,3)7-10(8-16)12(14)19;1-12(2)10-4-5-15-8-13(10,3)6-9(7-14)11(12)16;/h2*7,11H,5-6,9H2,1-4H3,(H,17,20);6,10,15H,4-5,8H2,1-3H3;1H/t2*11-,15+;10-,13+;/m100./s1. The Kier molecular flexibility index (Phi) is 13.8. The number of rotatable bonds is 0. The van der Waals surface area contributed by atoms with E-state index < -0.39 is 16.2 Å². The van der Waals surface area contributed by atoms with E-state index >= 15 is 0 Å². The maximum atomic E-state index is 12.4. The average molecular weight is 805 g/mol. The predicted molar refractivity (Wildman–Crippen MR) is 218 cm³/mol. The second-order valence-electron chi connectivity index (χ2n) is 18.8. The van der Waals surface area contributed by atoms with Gasteiger partial charge in [0.15, 0.2) is 17.3 Å². The number of fused-ring (bicyclic) bond motifs is 3. The van der Waals surface area contributed by atoms with Crippen molar-refractivity contribution in [3.63, 3.8) is 0 Å². The monoisotopic (exact) mass is 804 g/mol. The third-order valence-electron chi connectivity index (χ3n) is 13.8. The molecule has 3 aliphatic heterocycles. The van der Waals surface area contributed by atoms with Gasteiger partial charge in [-0.2, -0.15) is 15.8 Å². The van der Waals surface area contributed by atoms with E-state index in [1.54, 1.807) is 36.0 Å². The lowest BCUT2D eigenvalue weighted by Gasteiger charge is -2.52. The largest absolute Gasteiger partial charge is 0.341 e. The van der Waals surface area contributed by atoms with Gasteiger partial charge in [0.25, 0.3) is 0 Å². The molecule has 0 aromatic rings. The van der Waals surface area contributed by atoms with Gasteiger partial charge in [-0.1, -0.05) is 80.5 Å². The Balaban J connectivity index is 0.000000229. The second-order valence-corrected chi connectivity index (χ2v) is 18.8. The zero-order chi connectivity index (χ0) is 42.2. The highest BCUT2D eigenvalue weighted by molar-refractivity contribution is 6.05. The number of carbonyl (C=O) groups is 5. The quantitative estimate of drug-likeness (QED) is 0.283. The zero-order valence-corrected chi connectivity index (χ0v) is 36.3. The van der Waals surface area contributed by atoms with Gasteiger partial charge in [0, 0.05) is 79.3 Å². The number of amides is 4. The van der Waals surface area contributed by atoms with Crippen LogP contribution in [0.4, 0.5) is 9.59 Å². The number of nitriles is 3. The normalized spacial score (nSPS) is 32.9. The van der Waals surface area contributed by atoms with Gasteiger partial charge in [-0.3, -0.25) is 14.4 Å². The number of hydrogen-bond donors (Lipinski definition) is 3. The number of hydrogen-bond acceptors (Lipinski definition) is 9. The van der Waals surface area contributed by atoms with Crippen LogP contribution in [0.15, 0.2) is 34.9 Å². The summed E-state index contributed by atoms with van der Waals surface area (Å²) in [4.78, 5) is 64.1. The second kappa shape index (κ2) is 16.8. The lowest BCUT2D eigenvalue weighted by molar-refractivity contribution is -0.132. The lowest BCUT2D eigenvalue weighted by Crippen LogP contribution is -2.57. The van der Waals surface area contributed by atoms with E-state index in [0.717, 1.165) is 32.4 Å². The van der Waals surface area contributed by atoms with Crippen molar-refractivity contribution < 1.29 is 24.0 Å². The first kappa shape index (κ1) is 46.9. The van der Waals surface area contributed by atoms with Crippen molar-refractivity contribution in [2.45, 2.75) is 81.6 Å². The SMILES string of the molecule is CC1(C)C(=O)C(C#N)=C[C@]2(C)CNCC[C@@H]12.CNC(=O)N1CC[C@@H]2C(C)(C)C(=O)C(C#N)=C[C@@]2(C)C1.CNC(=O)N1CC[C@H]2C(C)(C)C(=O)C(C#N)=C[C@]2(C)C1.Cl. The van der Waals surface area contributed by atoms with Crippen molar-refractivity contribution in [1.29, 1.82) is 15.8 Å². The first-order chi connectivity index (χ1) is 25.9. The Morgan fingerprint density at radius 3 is 1.25 bits per heavy atom. The number of nitrogens with one attached hydrogen (secondary N) is 3. The van der Waals surface area contributed by atoms with E-state index in [1.165, 1.54) is 0 Å². The summed E-state index contributed by atoms with van der Waals surface area (Å²) in [5, 5.41) is 36.0. The Morgan fingerprint density at radius 1 is 0.614 bits per heavy atom. The van der Waals surface area contributed by atoms with Gasteiger partial charge in [-0.25, -0.2) is 9.59 Å². The minimum absolute atomic E-state index is 0. The van der Waals surface area contributed by atoms with Crippen LogP contribution in [0.2, 0.25) is 0 Å². The van der Waals surface area contributed by atoms with Crippen molar-refractivity contribution in [2.75, 3.05) is 53.4 Å². The van der Waals surface area contributed by atoms with Crippen LogP contribution in [0.3, 0.4) is 0 Å². The lowest BCUT2D eigenvalue weighted by atomic mass is 9.55. The van der Waals surface area contributed by atoms with Crippen molar-refractivity contribution >= 4 is 41.8 Å². The smallest absolute Gasteiger partial charge is 0.317 e. The Labute approximate surface area is 344 Å². The van der Waals surface area contributed by atoms with Crippen LogP contribution in [-0.4, -0.2) is 92.6 Å². The van der Waals surface area contributed by atoms with Crippen LogP contribution < -0.4 is 16.0 Å². The third-order valence-corrected chi connectivity index (χ3v) is 13.8. The van der Waals surface area contributed by atoms with E-state index in [4.69, 9.17) is 5.26 Å². The summed E-state index contributed by atoms with van der Waals surface area (Å²) in [5.41, 5.74) is -1.42. The fourth-order valence-electron chi connectivity index (χ4n) is 11.1. The van der Waals surface area contributed by atoms with Crippen molar-refractivity contribution in [2.24, 2.45) is 50.2 Å². The highest BCUT2D eigenvalue weighted by atomic mass is 35.5. The molecule has 3 aliphatic carbocycles. The number of allylic oxidation sites excluding steroid dienone is 3. The number of carbonyl (C=O) groups excluding carboxylic acids is 5. The van der Waals surface area contributed by atoms with Gasteiger partial charge >= 0.3 is 12.1 Å². The minimum Gasteiger partial charge on any atom is -0.341 e. The molecule has 3 fully saturated rings. The average Bonchev–Trinajstić information content (AvgIpc) is 3.15. The van der Waals surface area contributed by atoms with E-state index in [0.29, 0.717) is 37.7 Å². The van der Waals surface area contributed by atoms with Crippen LogP contribution in [0.1, 0.15) is 81.6 Å². The molecule has 3 N–H and O–H groups in total. The number of halogens is 1. The van der Waals surface area contributed by atoms with E-state index in [-0.39, 0.29) is 81.0 Å². The summed E-state index contributed by atoms with van der Waals surface area (Å²) in [5.74, 6) is 0.512. The summed E-state index contributed by atoms with van der Waals surface area (Å²) in [7, 11) is 3.23. The molecule has 6 atom stereocenters. The molecule has 0 radical (unpaired) electrons. The molecule has 6 rings (SSSR count). The van der Waals surface area contributed by atoms with Gasteiger partial charge in [0.05, 0.1) is 16.7 Å². The number of urea groups is 2. The van der Waals surface area contributed by atoms with Crippen LogP contribution in [0, 0.1) is 84.2 Å². The molecule has 14 heteroatoms. The molecule has 6 aliphatic rings. The van der Waals surface area contributed by atoms with Crippen molar-refractivity contribution in [3.05, 3.63) is 34.9 Å². The van der Waals surface area contributed by atoms with Gasteiger partial charge in [0.1, 0.15) is 18.2 Å². The molecule has 3 saturated heterocycles. The number of piperidine rings is 3. The van der Waals surface area contributed by atoms with Gasteiger partial charge in [-0.15, -0.1) is 12.4 Å². The molecular formula is C43H61ClN8O5. The maximum Gasteiger partial charge on any atom is 0.317 e. The van der Waals surface area contributed by atoms with E-state index in [1.807, 2.05) is 73.6 Å². The Bertz CT molecular complexity index is 1800. The van der Waals surface area contributed by atoms with Crippen LogP contribution >= 0.6 is 12.4 Å². The molecule has 0 saturated carbocycles. The van der Waals surface area contributed by atoms with Crippen LogP contribution in [0.25, 0.3) is 0 Å². The van der Waals surface area contributed by atoms with Crippen LogP contribution in [-0.2, 0) is 14.4 Å². The molecule has 0 aromatic carbocycles. The summed E-state index contributed by atoms with van der Waals surface area (Å²) >= 11 is 0. The first-order valence-electron chi connectivity index (χ1n) is 19.6. The molecule has 0 aromatic heterocycles. The molecule has 0 spiro atoms. The maximum absolute atomic E-state index is 12.4. The fraction of sp³-hybridized carbons (Fsp3) is 0.674. The number of likely N-dealkylation sites (tertiary alicyclic amines) is 2. The molecule has 0 bridgehead atoms. The third kappa shape index (κ3) is 8.41. The van der Waals surface area contributed by atoms with Crippen molar-refractivity contribution in [1.82, 2.24) is 25.8 Å². The fourth-order valence-corrected chi connectivity index (χ4v) is 11.1. The predicted octanol–water partition coefficient (Wildman–Crippen LogP) is 5.51. The van der Waals surface area contributed by atoms with Gasteiger partial charge in [-0.05, 0) is 43.6 Å². The molecule has 4 amide bonds. The highest BCUT2D eigenvalue weighted by Crippen LogP contribution is 2.54. The summed E-state index contributed by atoms with van der Waals surface area (Å²) in [6, 6.07) is 5.88. The number of ketones is 3. The van der Waals surface area contributed by atoms with Gasteiger partial charge < -0.3 is 25.8 Å². The van der Waals surface area contributed by atoms with Gasteiger partial charge in [0.2, 0.25) is 0 Å². The number of nitrogens with zero attached hydrogens (tertiary/aromatic N) is 5. The van der Waals surface area contributed by atoms with E-state index in [2.05, 4.69) is 28.9 Å². The summed E-state index contributed by atoms with van der Waals surface area (Å²) in [6.07, 6.45) is 8.00. The number of Topliss-reactive ketones (excluding diaryl/α,β-unsaturated/α-hetero) is 3. The molecule has 3 heterocycles. The Morgan fingerprint density at radius 2 is 0.930 bits per heavy atom. The summed E-state index contributed by atoms with van der Waals surface area (Å²) < 4.78 is 0. The van der Waals surface area contributed by atoms with Crippen LogP contribution in [0.5, 0.6) is 0 Å². The molecule has 310 valence electrons. The topological polar surface area (TPSA) is 199 Å². The first-order valence-corrected chi connectivity index (χ1v) is 19.6. The highest BCUT2D eigenvalue weighted by Gasteiger charge is 2.55. The minimum atomic E-state index is -0.552. The molecular weight excluding hydrogens is 744 g/mol. The summed E-state index contributed by atoms with van der Waals surface area (Å²) in [6.45, 7) is 22.0.